The minimum atomic E-state index is -1.37. The predicted octanol–water partition coefficient (Wildman–Crippen LogP) is -1.05. The predicted molar refractivity (Wildman–Crippen MR) is 54.4 cm³/mol. The fraction of sp³-hybridized carbons (Fsp3) is 1.00. The van der Waals surface area contributed by atoms with Crippen molar-refractivity contribution in [2.24, 2.45) is 5.41 Å². The second-order valence-corrected chi connectivity index (χ2v) is 5.34. The Morgan fingerprint density at radius 2 is 1.67 bits per heavy atom. The van der Waals surface area contributed by atoms with Gasteiger partial charge in [0, 0.05) is 0 Å². The van der Waals surface area contributed by atoms with E-state index in [2.05, 4.69) is 0 Å². The van der Waals surface area contributed by atoms with Gasteiger partial charge >= 0.3 is 0 Å². The van der Waals surface area contributed by atoms with Crippen molar-refractivity contribution in [3.63, 3.8) is 0 Å². The summed E-state index contributed by atoms with van der Waals surface area (Å²) in [6.07, 6.45) is -4.93. The molecule has 90 valence electrons. The SMILES string of the molecule is CC(C)(C)CC1OC(O)C(O)C([OH2+])C1O. The number of rotatable bonds is 1. The first-order valence-electron chi connectivity index (χ1n) is 5.13. The van der Waals surface area contributed by atoms with E-state index < -0.39 is 30.7 Å². The van der Waals surface area contributed by atoms with Crippen LogP contribution in [0.4, 0.5) is 0 Å². The van der Waals surface area contributed by atoms with Crippen LogP contribution in [0.25, 0.3) is 0 Å². The number of aliphatic hydroxyl groups is 3. The first-order chi connectivity index (χ1) is 6.72. The summed E-state index contributed by atoms with van der Waals surface area (Å²) in [5, 5.41) is 35.9. The molecule has 1 aliphatic rings. The molecule has 0 aromatic heterocycles. The third kappa shape index (κ3) is 3.12. The minimum absolute atomic E-state index is 0.0621. The molecule has 1 heterocycles. The lowest BCUT2D eigenvalue weighted by Crippen LogP contribution is -2.58. The fourth-order valence-electron chi connectivity index (χ4n) is 1.72. The quantitative estimate of drug-likeness (QED) is 0.493. The monoisotopic (exact) mass is 221 g/mol. The third-order valence-electron chi connectivity index (χ3n) is 2.54. The van der Waals surface area contributed by atoms with Crippen LogP contribution in [0.2, 0.25) is 0 Å². The molecule has 0 bridgehead atoms. The standard InChI is InChI=1S/C10H20O5/c1-10(2,3)4-5-6(11)7(12)8(13)9(14)15-5/h5-9,11-14H,4H2,1-3H3/p+1. The Hall–Kier alpha value is -0.200. The molecular weight excluding hydrogens is 200 g/mol. The van der Waals surface area contributed by atoms with Gasteiger partial charge in [-0.1, -0.05) is 20.8 Å². The van der Waals surface area contributed by atoms with Gasteiger partial charge in [0.2, 0.25) is 6.10 Å². The van der Waals surface area contributed by atoms with Crippen molar-refractivity contribution in [3.8, 4) is 0 Å². The normalized spacial score (nSPS) is 43.0. The second kappa shape index (κ2) is 4.35. The van der Waals surface area contributed by atoms with E-state index in [0.29, 0.717) is 6.42 Å². The number of ether oxygens (including phenoxy) is 1. The van der Waals surface area contributed by atoms with Crippen LogP contribution in [-0.4, -0.2) is 51.1 Å². The van der Waals surface area contributed by atoms with Crippen molar-refractivity contribution in [1.82, 2.24) is 0 Å². The topological polar surface area (TPSA) is 92.8 Å². The molecule has 0 spiro atoms. The van der Waals surface area contributed by atoms with Crippen LogP contribution < -0.4 is 0 Å². The molecule has 0 saturated carbocycles. The molecule has 0 radical (unpaired) electrons. The summed E-state index contributed by atoms with van der Waals surface area (Å²) in [4.78, 5) is 0. The molecule has 5 unspecified atom stereocenters. The minimum Gasteiger partial charge on any atom is -0.439 e. The van der Waals surface area contributed by atoms with Crippen molar-refractivity contribution < 1.29 is 25.2 Å². The van der Waals surface area contributed by atoms with Gasteiger partial charge in [-0.05, 0) is 11.8 Å². The summed E-state index contributed by atoms with van der Waals surface area (Å²) in [6, 6.07) is 0. The van der Waals surface area contributed by atoms with E-state index in [1.165, 1.54) is 0 Å². The summed E-state index contributed by atoms with van der Waals surface area (Å²) in [6.45, 7) is 5.96. The Bertz CT molecular complexity index is 212. The van der Waals surface area contributed by atoms with Gasteiger partial charge in [0.15, 0.2) is 18.5 Å². The van der Waals surface area contributed by atoms with Crippen molar-refractivity contribution in [2.45, 2.75) is 57.9 Å². The molecular formula is C10H21O5+. The van der Waals surface area contributed by atoms with E-state index in [4.69, 9.17) is 9.84 Å². The van der Waals surface area contributed by atoms with Crippen molar-refractivity contribution >= 4 is 0 Å². The largest absolute Gasteiger partial charge is 0.439 e. The molecule has 5 heteroatoms. The zero-order valence-electron chi connectivity index (χ0n) is 9.34. The summed E-state index contributed by atoms with van der Waals surface area (Å²) in [5.74, 6) is 0. The van der Waals surface area contributed by atoms with Gasteiger partial charge in [-0.15, -0.1) is 0 Å². The van der Waals surface area contributed by atoms with Crippen LogP contribution in [0, 0.1) is 5.41 Å². The summed E-state index contributed by atoms with van der Waals surface area (Å²) in [7, 11) is 0. The average Bonchev–Trinajstić information content (AvgIpc) is 2.08. The molecule has 1 aliphatic heterocycles. The maximum atomic E-state index is 9.71. The molecule has 0 amide bonds. The highest BCUT2D eigenvalue weighted by atomic mass is 16.6. The molecule has 5 N–H and O–H groups in total. The van der Waals surface area contributed by atoms with Crippen LogP contribution in [0.5, 0.6) is 0 Å². The molecule has 1 fully saturated rings. The van der Waals surface area contributed by atoms with Crippen LogP contribution in [0.3, 0.4) is 0 Å². The molecule has 1 saturated heterocycles. The fourth-order valence-corrected chi connectivity index (χ4v) is 1.72. The number of hydrogen-bond donors (Lipinski definition) is 3. The van der Waals surface area contributed by atoms with Gasteiger partial charge in [-0.2, -0.15) is 0 Å². The molecule has 0 aliphatic carbocycles. The van der Waals surface area contributed by atoms with Gasteiger partial charge in [0.25, 0.3) is 0 Å². The first kappa shape index (κ1) is 12.9. The lowest BCUT2D eigenvalue weighted by atomic mass is 9.84. The van der Waals surface area contributed by atoms with E-state index >= 15 is 0 Å². The van der Waals surface area contributed by atoms with Crippen molar-refractivity contribution in [2.75, 3.05) is 0 Å². The van der Waals surface area contributed by atoms with E-state index in [-0.39, 0.29) is 5.41 Å². The van der Waals surface area contributed by atoms with Gasteiger partial charge in [-0.25, -0.2) is 0 Å². The van der Waals surface area contributed by atoms with Gasteiger partial charge in [0.1, 0.15) is 0 Å². The van der Waals surface area contributed by atoms with Crippen molar-refractivity contribution in [1.29, 1.82) is 0 Å². The Labute approximate surface area is 89.3 Å². The third-order valence-corrected chi connectivity index (χ3v) is 2.54. The van der Waals surface area contributed by atoms with Crippen LogP contribution >= 0.6 is 0 Å². The lowest BCUT2D eigenvalue weighted by molar-refractivity contribution is -0.285. The second-order valence-electron chi connectivity index (χ2n) is 5.34. The Kier molecular flexibility index (Phi) is 3.73. The molecule has 15 heavy (non-hydrogen) atoms. The van der Waals surface area contributed by atoms with E-state index in [0.717, 1.165) is 0 Å². The first-order valence-corrected chi connectivity index (χ1v) is 5.13. The van der Waals surface area contributed by atoms with Crippen LogP contribution in [0.1, 0.15) is 27.2 Å². The van der Waals surface area contributed by atoms with E-state index in [1.807, 2.05) is 20.8 Å². The van der Waals surface area contributed by atoms with Gasteiger partial charge in [0.05, 0.1) is 6.10 Å². The molecule has 0 aromatic rings. The Balaban J connectivity index is 2.67. The van der Waals surface area contributed by atoms with Crippen LogP contribution in [0.15, 0.2) is 0 Å². The van der Waals surface area contributed by atoms with Gasteiger partial charge < -0.3 is 25.2 Å². The number of hydrogen-bond acceptors (Lipinski definition) is 4. The summed E-state index contributed by atoms with van der Waals surface area (Å²) in [5.41, 5.74) is -0.0621. The summed E-state index contributed by atoms with van der Waals surface area (Å²) >= 11 is 0. The highest BCUT2D eigenvalue weighted by Crippen LogP contribution is 2.29. The molecule has 5 atom stereocenters. The highest BCUT2D eigenvalue weighted by molar-refractivity contribution is 4.90. The van der Waals surface area contributed by atoms with Crippen LogP contribution in [-0.2, 0) is 4.74 Å². The molecule has 0 aromatic carbocycles. The van der Waals surface area contributed by atoms with E-state index in [9.17, 15) is 15.3 Å². The maximum Gasteiger partial charge on any atom is 0.214 e. The smallest absolute Gasteiger partial charge is 0.214 e. The molecule has 5 nitrogen and oxygen atoms in total. The van der Waals surface area contributed by atoms with E-state index in [1.54, 1.807) is 0 Å². The molecule has 1 rings (SSSR count). The van der Waals surface area contributed by atoms with Gasteiger partial charge in [-0.3, -0.25) is 0 Å². The zero-order chi connectivity index (χ0) is 11.8. The summed E-state index contributed by atoms with van der Waals surface area (Å²) < 4.78 is 5.09. The zero-order valence-corrected chi connectivity index (χ0v) is 9.34. The Morgan fingerprint density at radius 1 is 1.13 bits per heavy atom. The van der Waals surface area contributed by atoms with Crippen molar-refractivity contribution in [3.05, 3.63) is 0 Å². The maximum absolute atomic E-state index is 9.71. The lowest BCUT2D eigenvalue weighted by Gasteiger charge is -2.38. The Morgan fingerprint density at radius 3 is 2.13 bits per heavy atom. The highest BCUT2D eigenvalue weighted by Gasteiger charge is 2.47. The number of aliphatic hydroxyl groups excluding tert-OH is 3. The average molecular weight is 221 g/mol.